The molecule has 2 aromatic rings. The zero-order chi connectivity index (χ0) is 44.1. The molecule has 0 radical (unpaired) electrons. The summed E-state index contributed by atoms with van der Waals surface area (Å²) in [5, 5.41) is 0. The molecule has 0 aromatic heterocycles. The lowest BCUT2D eigenvalue weighted by atomic mass is 9.29. The second-order valence-electron chi connectivity index (χ2n) is 23.5. The third kappa shape index (κ3) is 5.28. The van der Waals surface area contributed by atoms with Crippen molar-refractivity contribution in [3.63, 3.8) is 0 Å². The number of carbonyl (C=O) groups excluding carboxylic acids is 2. The zero-order valence-electron chi connectivity index (χ0n) is 39.2. The number of benzene rings is 2. The topological polar surface area (TPSA) is 85.1 Å². The average Bonchev–Trinajstić information content (AvgIpc) is 3.77. The van der Waals surface area contributed by atoms with Crippen molar-refractivity contribution in [3.8, 4) is 0 Å². The summed E-state index contributed by atoms with van der Waals surface area (Å²) in [5.41, 5.74) is 16.2. The molecule has 66 heavy (non-hydrogen) atoms. The quantitative estimate of drug-likeness (QED) is 0.300. The molecule has 344 valence electrons. The molecule has 7 heteroatoms. The Morgan fingerprint density at radius 3 is 2.70 bits per heavy atom. The molecule has 12 atom stereocenters. The van der Waals surface area contributed by atoms with E-state index in [9.17, 15) is 4.79 Å². The van der Waals surface area contributed by atoms with Gasteiger partial charge in [-0.3, -0.25) is 9.69 Å². The van der Waals surface area contributed by atoms with Gasteiger partial charge in [-0.25, -0.2) is 4.79 Å². The van der Waals surface area contributed by atoms with Crippen LogP contribution in [0.3, 0.4) is 0 Å². The van der Waals surface area contributed by atoms with Crippen LogP contribution in [0.15, 0.2) is 101 Å². The molecule has 9 aliphatic heterocycles. The Morgan fingerprint density at radius 2 is 1.80 bits per heavy atom. The fourth-order valence-corrected chi connectivity index (χ4v) is 18.3. The monoisotopic (exact) mass is 884 g/mol. The van der Waals surface area contributed by atoms with Crippen LogP contribution in [0.2, 0.25) is 0 Å². The summed E-state index contributed by atoms with van der Waals surface area (Å²) in [5.74, 6) is 3.26. The zero-order valence-corrected chi connectivity index (χ0v) is 39.2. The summed E-state index contributed by atoms with van der Waals surface area (Å²) in [6.07, 6.45) is 29.2. The number of rotatable bonds is 5. The van der Waals surface area contributed by atoms with Crippen molar-refractivity contribution >= 4 is 11.9 Å². The SMILES string of the molecule is CC1CC2=C3C4C5=C6C=C(Cc7cccc(c7)CCCCC7C68C(=O)OC(=CCC(CC6CCCCC6)N6CC9CC(C6)C(C=C2)N3C9)C8(CC5)C72OC(=O)c3c(CCCN)cccc32)C14. The fraction of sp³-hybridized carbons (Fsp3) is 0.593. The summed E-state index contributed by atoms with van der Waals surface area (Å²) >= 11 is 0. The molecule has 2 aromatic carbocycles. The van der Waals surface area contributed by atoms with E-state index >= 15 is 4.79 Å². The molecule has 12 unspecified atom stereocenters. The van der Waals surface area contributed by atoms with Crippen molar-refractivity contribution in [2.45, 2.75) is 140 Å². The molecule has 9 heterocycles. The number of piperidine rings is 2. The fourth-order valence-electron chi connectivity index (χ4n) is 18.3. The van der Waals surface area contributed by atoms with E-state index in [1.54, 1.807) is 11.3 Å². The van der Waals surface area contributed by atoms with Gasteiger partial charge in [0.15, 0.2) is 5.60 Å². The molecule has 2 N–H and O–H groups in total. The lowest BCUT2D eigenvalue weighted by molar-refractivity contribution is -0.275. The highest BCUT2D eigenvalue weighted by Gasteiger charge is 2.92. The number of allylic oxidation sites excluding steroid dienone is 5. The minimum absolute atomic E-state index is 0.0812. The Balaban J connectivity index is 1.05. The van der Waals surface area contributed by atoms with Crippen LogP contribution in [0.4, 0.5) is 0 Å². The highest BCUT2D eigenvalue weighted by atomic mass is 16.6. The Hall–Kier alpha value is -4.20. The number of carbonyl (C=O) groups is 2. The molecule has 7 nitrogen and oxygen atoms in total. The van der Waals surface area contributed by atoms with Crippen LogP contribution in [0.25, 0.3) is 0 Å². The number of ether oxygens (including phenoxy) is 2. The molecule has 0 amide bonds. The minimum Gasteiger partial charge on any atom is -0.449 e. The minimum atomic E-state index is -1.01. The van der Waals surface area contributed by atoms with E-state index in [4.69, 9.17) is 15.2 Å². The molecule has 2 saturated carbocycles. The van der Waals surface area contributed by atoms with Crippen LogP contribution in [0, 0.1) is 52.3 Å². The average molecular weight is 884 g/mol. The number of nitrogens with two attached hydrogens (primary N) is 1. The Kier molecular flexibility index (Phi) is 9.22. The summed E-state index contributed by atoms with van der Waals surface area (Å²) in [4.78, 5) is 37.1. The van der Waals surface area contributed by atoms with Crippen LogP contribution in [-0.4, -0.2) is 60.0 Å². The van der Waals surface area contributed by atoms with E-state index < -0.39 is 16.4 Å². The van der Waals surface area contributed by atoms with E-state index in [0.29, 0.717) is 42.3 Å². The van der Waals surface area contributed by atoms with Crippen LogP contribution in [0.1, 0.15) is 136 Å². The van der Waals surface area contributed by atoms with Gasteiger partial charge in [-0.15, -0.1) is 0 Å². The van der Waals surface area contributed by atoms with Gasteiger partial charge in [0.25, 0.3) is 0 Å². The molecule has 15 aliphatic rings. The van der Waals surface area contributed by atoms with Crippen LogP contribution < -0.4 is 5.73 Å². The summed E-state index contributed by atoms with van der Waals surface area (Å²) in [6.45, 7) is 6.49. The van der Waals surface area contributed by atoms with E-state index in [1.165, 1.54) is 72.8 Å². The van der Waals surface area contributed by atoms with Gasteiger partial charge in [0.05, 0.1) is 17.0 Å². The van der Waals surface area contributed by atoms with Gasteiger partial charge in [-0.05, 0) is 147 Å². The molecular formula is C59H69N3O4. The Morgan fingerprint density at radius 1 is 0.939 bits per heavy atom. The van der Waals surface area contributed by atoms with E-state index in [1.807, 2.05) is 0 Å². The predicted octanol–water partition coefficient (Wildman–Crippen LogP) is 10.4. The summed E-state index contributed by atoms with van der Waals surface area (Å²) < 4.78 is 14.5. The van der Waals surface area contributed by atoms with Crippen molar-refractivity contribution in [2.75, 3.05) is 26.2 Å². The predicted molar refractivity (Wildman–Crippen MR) is 256 cm³/mol. The van der Waals surface area contributed by atoms with Gasteiger partial charge in [0.2, 0.25) is 0 Å². The van der Waals surface area contributed by atoms with Crippen LogP contribution >= 0.6 is 0 Å². The normalized spacial score (nSPS) is 40.3. The standard InChI is InChI=1S/C59H69N3O4/c1-35-26-41-19-21-48-43-29-39-32-61(34-43)44(30-37-10-3-2-4-11-37)20-22-50-57-24-23-45-47-31-42(51(35)53(45)54(41)62(48)33-39)28-38-14-7-13-36(27-38)12-5-6-18-49(58(47,57)56(64)65-50)59(57)46-17-8-15-40(16-9-25-60)52(46)55(63)66-59/h7-8,13-15,17,19,21-22,27,31,35,37,39,43-44,48-49,51,53H,2-6,9-12,16,18,20,23-26,28-30,32-34,60H2,1H3. The summed E-state index contributed by atoms with van der Waals surface area (Å²) in [7, 11) is 0. The maximum absolute atomic E-state index is 16.2. The maximum atomic E-state index is 16.2. The molecule has 6 aliphatic carbocycles. The highest BCUT2D eigenvalue weighted by Crippen LogP contribution is 2.87. The second-order valence-corrected chi connectivity index (χ2v) is 23.5. The first-order valence-corrected chi connectivity index (χ1v) is 26.8. The van der Waals surface area contributed by atoms with E-state index in [-0.39, 0.29) is 23.8 Å². The largest absolute Gasteiger partial charge is 0.449 e. The molecule has 5 fully saturated rings. The van der Waals surface area contributed by atoms with Crippen molar-refractivity contribution < 1.29 is 19.1 Å². The second kappa shape index (κ2) is 14.9. The van der Waals surface area contributed by atoms with Gasteiger partial charge in [-0.2, -0.15) is 0 Å². The molecule has 3 spiro atoms. The van der Waals surface area contributed by atoms with E-state index in [2.05, 4.69) is 83.5 Å². The first-order valence-electron chi connectivity index (χ1n) is 26.8. The molecule has 17 rings (SSSR count). The smallest absolute Gasteiger partial charge is 0.339 e. The van der Waals surface area contributed by atoms with E-state index in [0.717, 1.165) is 119 Å². The van der Waals surface area contributed by atoms with Crippen LogP contribution in [0.5, 0.6) is 0 Å². The molecule has 3 saturated heterocycles. The number of fused-ring (bicyclic) bond motifs is 6. The first kappa shape index (κ1) is 40.8. The summed E-state index contributed by atoms with van der Waals surface area (Å²) in [6, 6.07) is 16.7. The lowest BCUT2D eigenvalue weighted by Gasteiger charge is -2.71. The third-order valence-corrected chi connectivity index (χ3v) is 20.5. The van der Waals surface area contributed by atoms with Crippen molar-refractivity contribution in [2.24, 2.45) is 58.0 Å². The van der Waals surface area contributed by atoms with Crippen molar-refractivity contribution in [3.05, 3.63) is 128 Å². The molecule has 15 bridgehead atoms. The highest BCUT2D eigenvalue weighted by molar-refractivity contribution is 6.00. The third-order valence-electron chi connectivity index (χ3n) is 20.5. The van der Waals surface area contributed by atoms with Gasteiger partial charge in [-0.1, -0.05) is 117 Å². The maximum Gasteiger partial charge on any atom is 0.339 e. The van der Waals surface area contributed by atoms with Gasteiger partial charge in [0, 0.05) is 48.8 Å². The lowest BCUT2D eigenvalue weighted by Crippen LogP contribution is -2.77. The first-order chi connectivity index (χ1) is 32.3. The Labute approximate surface area is 392 Å². The van der Waals surface area contributed by atoms with Gasteiger partial charge >= 0.3 is 11.9 Å². The number of aryl methyl sites for hydroxylation is 2. The van der Waals surface area contributed by atoms with Gasteiger partial charge in [0.1, 0.15) is 11.2 Å². The van der Waals surface area contributed by atoms with Crippen molar-refractivity contribution in [1.29, 1.82) is 0 Å². The number of hydrogen-bond donors (Lipinski definition) is 1. The number of esters is 2. The Bertz CT molecular complexity index is 2590. The number of nitrogens with zero attached hydrogens (tertiary/aromatic N) is 2. The van der Waals surface area contributed by atoms with Gasteiger partial charge < -0.3 is 20.1 Å². The van der Waals surface area contributed by atoms with Crippen LogP contribution in [-0.2, 0) is 39.1 Å². The van der Waals surface area contributed by atoms with Crippen molar-refractivity contribution in [1.82, 2.24) is 9.80 Å². The number of hydrogen-bond acceptors (Lipinski definition) is 7. The molecular weight excluding hydrogens is 815 g/mol.